The number of nitrogens with zero attached hydrogens (tertiary/aromatic N) is 3. The second kappa shape index (κ2) is 6.12. The third-order valence-corrected chi connectivity index (χ3v) is 3.74. The molecule has 7 heteroatoms. The van der Waals surface area contributed by atoms with E-state index in [4.69, 9.17) is 0 Å². The Morgan fingerprint density at radius 2 is 2.10 bits per heavy atom. The number of nitro benzene ring substituents is 1. The number of benzene rings is 1. The third kappa shape index (κ3) is 3.03. The molecular weight excluding hydrogens is 373 g/mol. The normalized spacial score (nSPS) is 10.5. The Morgan fingerprint density at radius 3 is 2.80 bits per heavy atom. The minimum absolute atomic E-state index is 0.0804. The molecule has 0 aliphatic carbocycles. The monoisotopic (exact) mass is 385 g/mol. The number of nitro groups is 1. The van der Waals surface area contributed by atoms with Crippen LogP contribution in [-0.2, 0) is 13.0 Å². The first-order valence-electron chi connectivity index (χ1n) is 5.95. The number of hydrogen-bond donors (Lipinski definition) is 0. The summed E-state index contributed by atoms with van der Waals surface area (Å²) >= 11 is 1.93. The summed E-state index contributed by atoms with van der Waals surface area (Å²) in [6.07, 6.45) is 1.94. The van der Waals surface area contributed by atoms with E-state index in [0.29, 0.717) is 27.9 Å². The van der Waals surface area contributed by atoms with Gasteiger partial charge in [0, 0.05) is 24.4 Å². The molecule has 2 rings (SSSR count). The van der Waals surface area contributed by atoms with Gasteiger partial charge in [0.25, 0.3) is 11.2 Å². The van der Waals surface area contributed by atoms with Crippen molar-refractivity contribution in [3.8, 4) is 0 Å². The Hall–Kier alpha value is -1.77. The van der Waals surface area contributed by atoms with Crippen LogP contribution in [0.5, 0.6) is 0 Å². The van der Waals surface area contributed by atoms with Gasteiger partial charge in [-0.05, 0) is 35.9 Å². The smallest absolute Gasteiger partial charge is 0.272 e. The van der Waals surface area contributed by atoms with Crippen LogP contribution in [0.2, 0.25) is 0 Å². The third-order valence-electron chi connectivity index (χ3n) is 3.00. The maximum Gasteiger partial charge on any atom is 0.272 e. The number of rotatable bonds is 4. The second-order valence-electron chi connectivity index (χ2n) is 4.25. The van der Waals surface area contributed by atoms with Gasteiger partial charge < -0.3 is 0 Å². The van der Waals surface area contributed by atoms with Crippen LogP contribution in [0.4, 0.5) is 5.69 Å². The summed E-state index contributed by atoms with van der Waals surface area (Å²) in [5.74, 6) is 0.606. The summed E-state index contributed by atoms with van der Waals surface area (Å²) in [4.78, 5) is 26.7. The summed E-state index contributed by atoms with van der Waals surface area (Å²) in [7, 11) is 0. The number of aryl methyl sites for hydroxylation is 2. The molecule has 0 N–H and O–H groups in total. The van der Waals surface area contributed by atoms with Gasteiger partial charge in [-0.25, -0.2) is 4.98 Å². The fourth-order valence-corrected chi connectivity index (χ4v) is 2.38. The molecule has 1 heterocycles. The molecule has 1 aromatic carbocycles. The molecule has 0 fully saturated rings. The minimum Gasteiger partial charge on any atom is -0.296 e. The highest BCUT2D eigenvalue weighted by atomic mass is 127. The van der Waals surface area contributed by atoms with E-state index in [0.717, 1.165) is 0 Å². The van der Waals surface area contributed by atoms with Crippen molar-refractivity contribution in [1.29, 1.82) is 0 Å². The zero-order valence-corrected chi connectivity index (χ0v) is 12.9. The van der Waals surface area contributed by atoms with Crippen LogP contribution >= 0.6 is 22.6 Å². The molecule has 0 spiro atoms. The predicted octanol–water partition coefficient (Wildman–Crippen LogP) is 2.31. The molecule has 0 atom stereocenters. The van der Waals surface area contributed by atoms with Gasteiger partial charge in [-0.15, -0.1) is 0 Å². The van der Waals surface area contributed by atoms with Gasteiger partial charge in [-0.3, -0.25) is 19.5 Å². The standard InChI is InChI=1S/C13H12IN3O3/c1-9-15-8-11(14)13(18)16(9)7-6-10-4-2-3-5-12(10)17(19)20/h2-5,8H,6-7H2,1H3. The first-order chi connectivity index (χ1) is 9.50. The van der Waals surface area contributed by atoms with E-state index in [2.05, 4.69) is 4.98 Å². The molecule has 0 unspecified atom stereocenters. The van der Waals surface area contributed by atoms with Gasteiger partial charge >= 0.3 is 0 Å². The van der Waals surface area contributed by atoms with Crippen molar-refractivity contribution >= 4 is 28.3 Å². The fraction of sp³-hybridized carbons (Fsp3) is 0.231. The molecule has 0 amide bonds. The van der Waals surface area contributed by atoms with Crippen LogP contribution < -0.4 is 5.56 Å². The Balaban J connectivity index is 2.29. The summed E-state index contributed by atoms with van der Waals surface area (Å²) in [5.41, 5.74) is 0.580. The molecule has 0 radical (unpaired) electrons. The largest absolute Gasteiger partial charge is 0.296 e. The fourth-order valence-electron chi connectivity index (χ4n) is 1.95. The Morgan fingerprint density at radius 1 is 1.40 bits per heavy atom. The van der Waals surface area contributed by atoms with E-state index >= 15 is 0 Å². The van der Waals surface area contributed by atoms with Crippen LogP contribution in [-0.4, -0.2) is 14.5 Å². The molecule has 0 saturated heterocycles. The number of aromatic nitrogens is 2. The molecule has 0 bridgehead atoms. The van der Waals surface area contributed by atoms with Gasteiger partial charge in [0.15, 0.2) is 0 Å². The van der Waals surface area contributed by atoms with Crippen molar-refractivity contribution in [2.75, 3.05) is 0 Å². The zero-order valence-electron chi connectivity index (χ0n) is 10.7. The van der Waals surface area contributed by atoms with Crippen molar-refractivity contribution in [2.24, 2.45) is 0 Å². The highest BCUT2D eigenvalue weighted by molar-refractivity contribution is 14.1. The van der Waals surface area contributed by atoms with Crippen molar-refractivity contribution in [2.45, 2.75) is 19.9 Å². The molecule has 6 nitrogen and oxygen atoms in total. The Kier molecular flexibility index (Phi) is 4.48. The summed E-state index contributed by atoms with van der Waals surface area (Å²) in [6, 6.07) is 6.56. The molecule has 0 aliphatic rings. The number of para-hydroxylation sites is 1. The first-order valence-corrected chi connectivity index (χ1v) is 7.03. The quantitative estimate of drug-likeness (QED) is 0.460. The van der Waals surface area contributed by atoms with Crippen molar-refractivity contribution in [3.05, 3.63) is 65.9 Å². The van der Waals surface area contributed by atoms with Crippen molar-refractivity contribution in [3.63, 3.8) is 0 Å². The van der Waals surface area contributed by atoms with Crippen LogP contribution in [0.25, 0.3) is 0 Å². The average Bonchev–Trinajstić information content (AvgIpc) is 2.43. The van der Waals surface area contributed by atoms with Gasteiger partial charge in [0.05, 0.1) is 8.49 Å². The summed E-state index contributed by atoms with van der Waals surface area (Å²) in [5, 5.41) is 10.9. The molecular formula is C13H12IN3O3. The maximum atomic E-state index is 12.0. The highest BCUT2D eigenvalue weighted by Gasteiger charge is 2.13. The van der Waals surface area contributed by atoms with E-state index in [9.17, 15) is 14.9 Å². The van der Waals surface area contributed by atoms with Crippen LogP contribution in [0.1, 0.15) is 11.4 Å². The molecule has 1 aromatic heterocycles. The molecule has 0 saturated carbocycles. The lowest BCUT2D eigenvalue weighted by Crippen LogP contribution is -2.26. The molecule has 104 valence electrons. The lowest BCUT2D eigenvalue weighted by molar-refractivity contribution is -0.385. The van der Waals surface area contributed by atoms with Crippen LogP contribution in [0.15, 0.2) is 35.3 Å². The summed E-state index contributed by atoms with van der Waals surface area (Å²) < 4.78 is 2.08. The highest BCUT2D eigenvalue weighted by Crippen LogP contribution is 2.18. The zero-order chi connectivity index (χ0) is 14.7. The minimum atomic E-state index is -0.405. The van der Waals surface area contributed by atoms with E-state index in [-0.39, 0.29) is 11.2 Å². The van der Waals surface area contributed by atoms with Crippen molar-refractivity contribution in [1.82, 2.24) is 9.55 Å². The summed E-state index contributed by atoms with van der Waals surface area (Å²) in [6.45, 7) is 2.12. The first kappa shape index (κ1) is 14.6. The predicted molar refractivity (Wildman–Crippen MR) is 82.8 cm³/mol. The number of hydrogen-bond acceptors (Lipinski definition) is 4. The van der Waals surface area contributed by atoms with Crippen LogP contribution in [0.3, 0.4) is 0 Å². The molecule has 0 aliphatic heterocycles. The van der Waals surface area contributed by atoms with Gasteiger partial charge in [-0.2, -0.15) is 0 Å². The lowest BCUT2D eigenvalue weighted by Gasteiger charge is -2.09. The number of halogens is 1. The van der Waals surface area contributed by atoms with Gasteiger partial charge in [-0.1, -0.05) is 18.2 Å². The topological polar surface area (TPSA) is 78.0 Å². The van der Waals surface area contributed by atoms with Crippen molar-refractivity contribution < 1.29 is 4.92 Å². The van der Waals surface area contributed by atoms with Gasteiger partial charge in [0.1, 0.15) is 5.82 Å². The SMILES string of the molecule is Cc1ncc(I)c(=O)n1CCc1ccccc1[N+](=O)[O-]. The van der Waals surface area contributed by atoms with Crippen LogP contribution in [0, 0.1) is 20.6 Å². The maximum absolute atomic E-state index is 12.0. The lowest BCUT2D eigenvalue weighted by atomic mass is 10.1. The van der Waals surface area contributed by atoms with E-state index < -0.39 is 4.92 Å². The average molecular weight is 385 g/mol. The molecule has 2 aromatic rings. The van der Waals surface area contributed by atoms with Gasteiger partial charge in [0.2, 0.25) is 0 Å². The van der Waals surface area contributed by atoms with E-state index in [1.165, 1.54) is 12.3 Å². The Labute approximate surface area is 128 Å². The Bertz CT molecular complexity index is 712. The molecule has 20 heavy (non-hydrogen) atoms. The van der Waals surface area contributed by atoms with E-state index in [1.54, 1.807) is 29.7 Å². The second-order valence-corrected chi connectivity index (χ2v) is 5.41. The van der Waals surface area contributed by atoms with E-state index in [1.807, 2.05) is 22.6 Å².